The normalized spacial score (nSPS) is 17.0. The highest BCUT2D eigenvalue weighted by Crippen LogP contribution is 2.37. The van der Waals surface area contributed by atoms with E-state index in [-0.39, 0.29) is 0 Å². The van der Waals surface area contributed by atoms with Crippen molar-refractivity contribution < 1.29 is 0 Å². The van der Waals surface area contributed by atoms with E-state index in [1.165, 1.54) is 69.8 Å². The Morgan fingerprint density at radius 1 is 0.750 bits per heavy atom. The van der Waals surface area contributed by atoms with Gasteiger partial charge in [-0.2, -0.15) is 0 Å². The molecule has 2 rings (SSSR count). The first kappa shape index (κ1) is 23.2. The summed E-state index contributed by atoms with van der Waals surface area (Å²) < 4.78 is 0. The van der Waals surface area contributed by atoms with Crippen molar-refractivity contribution in [2.45, 2.75) is 111 Å². The number of hydrogen-bond acceptors (Lipinski definition) is 0. The molecule has 1 heteroatoms. The molecule has 28 heavy (non-hydrogen) atoms. The molecule has 156 valence electrons. The Hall–Kier alpha value is -1.08. The maximum absolute atomic E-state index is 2.59. The van der Waals surface area contributed by atoms with E-state index < -0.39 is 8.07 Å². The van der Waals surface area contributed by atoms with Gasteiger partial charge in [0, 0.05) is 0 Å². The summed E-state index contributed by atoms with van der Waals surface area (Å²) in [6.45, 7) is 14.4. The molecule has 0 N–H and O–H groups in total. The molecule has 0 fully saturated rings. The number of allylic oxidation sites excluding steroid dienone is 4. The first-order chi connectivity index (χ1) is 13.4. The predicted molar refractivity (Wildman–Crippen MR) is 131 cm³/mol. The molecular formula is C27H44Si. The minimum atomic E-state index is -1.57. The van der Waals surface area contributed by atoms with E-state index in [0.29, 0.717) is 5.54 Å². The number of unbranched alkanes of at least 4 members (excludes halogenated alkanes) is 6. The molecule has 0 aliphatic heterocycles. The second-order valence-corrected chi connectivity index (χ2v) is 14.3. The Morgan fingerprint density at radius 2 is 1.29 bits per heavy atom. The van der Waals surface area contributed by atoms with Gasteiger partial charge in [-0.1, -0.05) is 112 Å². The number of benzene rings is 1. The molecule has 0 spiro atoms. The van der Waals surface area contributed by atoms with Gasteiger partial charge in [-0.15, -0.1) is 0 Å². The van der Waals surface area contributed by atoms with E-state index in [0.717, 1.165) is 0 Å². The fraction of sp³-hybridized carbons (Fsp3) is 0.630. The number of hydrogen-bond donors (Lipinski definition) is 0. The molecule has 1 aliphatic carbocycles. The van der Waals surface area contributed by atoms with Crippen LogP contribution in [0.3, 0.4) is 0 Å². The van der Waals surface area contributed by atoms with Crippen molar-refractivity contribution in [1.29, 1.82) is 0 Å². The van der Waals surface area contributed by atoms with E-state index in [9.17, 15) is 0 Å². The van der Waals surface area contributed by atoms with Crippen LogP contribution in [0.4, 0.5) is 0 Å². The van der Waals surface area contributed by atoms with Gasteiger partial charge in [0.1, 0.15) is 0 Å². The van der Waals surface area contributed by atoms with Crippen LogP contribution >= 0.6 is 0 Å². The van der Waals surface area contributed by atoms with Gasteiger partial charge in [0.05, 0.1) is 8.07 Å². The lowest BCUT2D eigenvalue weighted by atomic mass is 10.0. The van der Waals surface area contributed by atoms with Crippen molar-refractivity contribution in [3.05, 3.63) is 52.6 Å². The Kier molecular flexibility index (Phi) is 9.27. The summed E-state index contributed by atoms with van der Waals surface area (Å²) >= 11 is 0. The molecule has 1 aromatic carbocycles. The zero-order valence-electron chi connectivity index (χ0n) is 19.5. The zero-order chi connectivity index (χ0) is 20.6. The van der Waals surface area contributed by atoms with Crippen LogP contribution in [0.15, 0.2) is 41.5 Å². The third kappa shape index (κ3) is 6.48. The molecule has 0 saturated carbocycles. The van der Waals surface area contributed by atoms with E-state index in [2.05, 4.69) is 71.1 Å². The van der Waals surface area contributed by atoms with Crippen LogP contribution in [0.2, 0.25) is 18.6 Å². The molecule has 0 heterocycles. The second kappa shape index (κ2) is 11.2. The third-order valence-electron chi connectivity index (χ3n) is 6.59. The van der Waals surface area contributed by atoms with Crippen LogP contribution in [0, 0.1) is 0 Å². The lowest BCUT2D eigenvalue weighted by Crippen LogP contribution is -2.46. The van der Waals surface area contributed by atoms with E-state index in [1.807, 2.05) is 0 Å². The molecule has 0 radical (unpaired) electrons. The van der Waals surface area contributed by atoms with Crippen molar-refractivity contribution >= 4 is 13.3 Å². The molecule has 0 amide bonds. The van der Waals surface area contributed by atoms with Crippen LogP contribution < -0.4 is 5.19 Å². The van der Waals surface area contributed by atoms with Gasteiger partial charge in [0.15, 0.2) is 0 Å². The lowest BCUT2D eigenvalue weighted by Gasteiger charge is -2.31. The molecular weight excluding hydrogens is 352 g/mol. The van der Waals surface area contributed by atoms with Gasteiger partial charge < -0.3 is 0 Å². The standard InChI is InChI=1S/C27H44Si/c1-7-9-11-13-15-24-19-25(16-14-12-10-8-2)21-26(20-24)28(5,6)27-18-22(3)17-23(27)4/h17-21,27H,7-16H2,1-6H3. The summed E-state index contributed by atoms with van der Waals surface area (Å²) in [5.74, 6) is 0. The van der Waals surface area contributed by atoms with Gasteiger partial charge in [0.2, 0.25) is 0 Å². The summed E-state index contributed by atoms with van der Waals surface area (Å²) in [5, 5.41) is 1.68. The van der Waals surface area contributed by atoms with Crippen molar-refractivity contribution in [2.75, 3.05) is 0 Å². The van der Waals surface area contributed by atoms with Gasteiger partial charge in [0.25, 0.3) is 0 Å². The molecule has 0 bridgehead atoms. The molecule has 0 aromatic heterocycles. The Morgan fingerprint density at radius 3 is 1.71 bits per heavy atom. The zero-order valence-corrected chi connectivity index (χ0v) is 20.5. The second-order valence-electron chi connectivity index (χ2n) is 9.66. The molecule has 1 unspecified atom stereocenters. The van der Waals surface area contributed by atoms with E-state index in [4.69, 9.17) is 0 Å². The first-order valence-electron chi connectivity index (χ1n) is 11.9. The average Bonchev–Trinajstić information content (AvgIpc) is 3.01. The summed E-state index contributed by atoms with van der Waals surface area (Å²) in [6.07, 6.45) is 18.3. The highest BCUT2D eigenvalue weighted by atomic mass is 28.3. The minimum absolute atomic E-state index is 0.663. The summed E-state index contributed by atoms with van der Waals surface area (Å²) in [6, 6.07) is 7.70. The maximum atomic E-state index is 2.59. The van der Waals surface area contributed by atoms with Crippen LogP contribution in [0.5, 0.6) is 0 Å². The number of rotatable bonds is 12. The molecule has 1 aromatic rings. The van der Waals surface area contributed by atoms with Crippen molar-refractivity contribution in [1.82, 2.24) is 0 Å². The number of aryl methyl sites for hydroxylation is 2. The summed E-state index contributed by atoms with van der Waals surface area (Å²) in [5.41, 5.74) is 6.89. The fourth-order valence-electron chi connectivity index (χ4n) is 4.78. The lowest BCUT2D eigenvalue weighted by molar-refractivity contribution is 0.661. The van der Waals surface area contributed by atoms with Crippen molar-refractivity contribution in [3.63, 3.8) is 0 Å². The summed E-state index contributed by atoms with van der Waals surface area (Å²) in [4.78, 5) is 0. The van der Waals surface area contributed by atoms with Crippen LogP contribution in [0.25, 0.3) is 0 Å². The van der Waals surface area contributed by atoms with Crippen molar-refractivity contribution in [2.24, 2.45) is 0 Å². The molecule has 0 nitrogen and oxygen atoms in total. The third-order valence-corrected chi connectivity index (χ3v) is 10.5. The molecule has 0 saturated heterocycles. The Bertz CT molecular complexity index is 647. The topological polar surface area (TPSA) is 0 Å². The fourth-order valence-corrected chi connectivity index (χ4v) is 8.16. The van der Waals surface area contributed by atoms with Gasteiger partial charge in [-0.25, -0.2) is 0 Å². The largest absolute Gasteiger partial charge is 0.0915 e. The van der Waals surface area contributed by atoms with Crippen LogP contribution in [-0.2, 0) is 12.8 Å². The van der Waals surface area contributed by atoms with Crippen LogP contribution in [0.1, 0.15) is 90.2 Å². The molecule has 1 aliphatic rings. The predicted octanol–water partition coefficient (Wildman–Crippen LogP) is 8.12. The minimum Gasteiger partial charge on any atom is -0.0768 e. The smallest absolute Gasteiger partial charge is 0.0768 e. The monoisotopic (exact) mass is 396 g/mol. The Balaban J connectivity index is 2.23. The SMILES string of the molecule is CCCCCCc1cc(CCCCCC)cc([Si](C)(C)C2C=C(C)C=C2C)c1. The highest BCUT2D eigenvalue weighted by molar-refractivity contribution is 6.92. The quantitative estimate of drug-likeness (QED) is 0.247. The van der Waals surface area contributed by atoms with Crippen LogP contribution in [-0.4, -0.2) is 8.07 Å². The highest BCUT2D eigenvalue weighted by Gasteiger charge is 2.35. The van der Waals surface area contributed by atoms with E-state index in [1.54, 1.807) is 21.9 Å². The average molecular weight is 397 g/mol. The molecule has 1 atom stereocenters. The van der Waals surface area contributed by atoms with Gasteiger partial charge in [-0.3, -0.25) is 0 Å². The van der Waals surface area contributed by atoms with Gasteiger partial charge >= 0.3 is 0 Å². The summed E-state index contributed by atoms with van der Waals surface area (Å²) in [7, 11) is -1.57. The van der Waals surface area contributed by atoms with Gasteiger partial charge in [-0.05, 0) is 56.2 Å². The van der Waals surface area contributed by atoms with E-state index >= 15 is 0 Å². The van der Waals surface area contributed by atoms with Crippen molar-refractivity contribution in [3.8, 4) is 0 Å². The maximum Gasteiger partial charge on any atom is 0.0915 e. The Labute approximate surface area is 176 Å². The first-order valence-corrected chi connectivity index (χ1v) is 15.0.